The average molecular weight is 329 g/mol. The van der Waals surface area contributed by atoms with Crippen molar-refractivity contribution in [3.63, 3.8) is 0 Å². The van der Waals surface area contributed by atoms with Gasteiger partial charge in [-0.1, -0.05) is 24.2 Å². The van der Waals surface area contributed by atoms with E-state index in [1.807, 2.05) is 43.0 Å². The van der Waals surface area contributed by atoms with Crippen molar-refractivity contribution in [3.05, 3.63) is 41.3 Å². The number of likely N-dealkylation sites (tertiary alicyclic amines) is 1. The first kappa shape index (κ1) is 16.4. The molecule has 1 aromatic carbocycles. The number of ether oxygens (including phenoxy) is 1. The molecule has 3 rings (SSSR count). The third-order valence-corrected chi connectivity index (χ3v) is 4.50. The van der Waals surface area contributed by atoms with Crippen molar-refractivity contribution in [2.45, 2.75) is 39.2 Å². The Morgan fingerprint density at radius 2 is 2.25 bits per heavy atom. The Labute approximate surface area is 141 Å². The molecule has 0 unspecified atom stereocenters. The van der Waals surface area contributed by atoms with Gasteiger partial charge in [-0.25, -0.2) is 4.79 Å². The van der Waals surface area contributed by atoms with E-state index in [0.29, 0.717) is 11.4 Å². The summed E-state index contributed by atoms with van der Waals surface area (Å²) in [5, 5.41) is 7.05. The van der Waals surface area contributed by atoms with Crippen molar-refractivity contribution < 1.29 is 14.1 Å². The van der Waals surface area contributed by atoms with Crippen LogP contribution in [0.3, 0.4) is 0 Å². The molecule has 2 aromatic rings. The third-order valence-electron chi connectivity index (χ3n) is 4.50. The number of para-hydroxylation sites is 2. The standard InChI is InChI=1S/C18H23N3O3/c1-4-15-17(12(2)20-24-15)14-9-7-11-21(14)18(22)19-13-8-5-6-10-16(13)23-3/h5-6,8,10,14H,4,7,9,11H2,1-3H3,(H,19,22)/t14-/m1/s1. The summed E-state index contributed by atoms with van der Waals surface area (Å²) in [6, 6.07) is 7.31. The van der Waals surface area contributed by atoms with Gasteiger partial charge in [-0.15, -0.1) is 0 Å². The quantitative estimate of drug-likeness (QED) is 0.923. The maximum absolute atomic E-state index is 12.8. The van der Waals surface area contributed by atoms with Gasteiger partial charge in [0.05, 0.1) is 24.5 Å². The SMILES string of the molecule is CCc1onc(C)c1[C@H]1CCCN1C(=O)Nc1ccccc1OC. The molecule has 1 N–H and O–H groups in total. The molecule has 1 saturated heterocycles. The van der Waals surface area contributed by atoms with Crippen molar-refractivity contribution in [3.8, 4) is 5.75 Å². The molecule has 0 bridgehead atoms. The second-order valence-corrected chi connectivity index (χ2v) is 5.94. The highest BCUT2D eigenvalue weighted by atomic mass is 16.5. The van der Waals surface area contributed by atoms with Crippen LogP contribution in [0.2, 0.25) is 0 Å². The molecule has 1 aliphatic rings. The van der Waals surface area contributed by atoms with Crippen molar-refractivity contribution >= 4 is 11.7 Å². The second-order valence-electron chi connectivity index (χ2n) is 5.94. The number of hydrogen-bond donors (Lipinski definition) is 1. The van der Waals surface area contributed by atoms with Crippen LogP contribution in [0, 0.1) is 6.92 Å². The van der Waals surface area contributed by atoms with Gasteiger partial charge in [0.25, 0.3) is 0 Å². The number of carbonyl (C=O) groups is 1. The maximum Gasteiger partial charge on any atom is 0.322 e. The lowest BCUT2D eigenvalue weighted by Crippen LogP contribution is -2.35. The fourth-order valence-electron chi connectivity index (χ4n) is 3.35. The molecule has 0 saturated carbocycles. The van der Waals surface area contributed by atoms with Crippen molar-refractivity contribution in [1.29, 1.82) is 0 Å². The minimum Gasteiger partial charge on any atom is -0.495 e. The van der Waals surface area contributed by atoms with Crippen LogP contribution in [-0.4, -0.2) is 29.7 Å². The molecule has 1 atom stereocenters. The summed E-state index contributed by atoms with van der Waals surface area (Å²) in [6.07, 6.45) is 2.67. The van der Waals surface area contributed by atoms with E-state index in [1.54, 1.807) is 7.11 Å². The number of nitrogens with zero attached hydrogens (tertiary/aromatic N) is 2. The number of nitrogens with one attached hydrogen (secondary N) is 1. The predicted molar refractivity (Wildman–Crippen MR) is 91.3 cm³/mol. The Morgan fingerprint density at radius 1 is 1.46 bits per heavy atom. The lowest BCUT2D eigenvalue weighted by molar-refractivity contribution is 0.206. The number of carbonyl (C=O) groups excluding carboxylic acids is 1. The fraction of sp³-hybridized carbons (Fsp3) is 0.444. The van der Waals surface area contributed by atoms with Crippen LogP contribution in [0.1, 0.15) is 42.8 Å². The normalized spacial score (nSPS) is 17.1. The molecule has 6 nitrogen and oxygen atoms in total. The number of rotatable bonds is 4. The minimum atomic E-state index is -0.121. The Kier molecular flexibility index (Phi) is 4.74. The number of methoxy groups -OCH3 is 1. The first-order chi connectivity index (χ1) is 11.7. The summed E-state index contributed by atoms with van der Waals surface area (Å²) >= 11 is 0. The molecule has 2 heterocycles. The zero-order valence-electron chi connectivity index (χ0n) is 14.3. The van der Waals surface area contributed by atoms with Gasteiger partial charge in [-0.2, -0.15) is 0 Å². The number of amides is 2. The van der Waals surface area contributed by atoms with Crippen LogP contribution in [0.5, 0.6) is 5.75 Å². The van der Waals surface area contributed by atoms with Crippen LogP contribution in [-0.2, 0) is 6.42 Å². The monoisotopic (exact) mass is 329 g/mol. The topological polar surface area (TPSA) is 67.6 Å². The Hall–Kier alpha value is -2.50. The first-order valence-corrected chi connectivity index (χ1v) is 8.31. The summed E-state index contributed by atoms with van der Waals surface area (Å²) in [5.74, 6) is 1.52. The molecule has 0 aliphatic carbocycles. The Morgan fingerprint density at radius 3 is 3.00 bits per heavy atom. The number of anilines is 1. The van der Waals surface area contributed by atoms with Gasteiger partial charge in [0.2, 0.25) is 0 Å². The molecule has 6 heteroatoms. The van der Waals surface area contributed by atoms with Crippen LogP contribution >= 0.6 is 0 Å². The highest BCUT2D eigenvalue weighted by Crippen LogP contribution is 2.36. The van der Waals surface area contributed by atoms with Crippen LogP contribution < -0.4 is 10.1 Å². The van der Waals surface area contributed by atoms with E-state index in [1.165, 1.54) is 0 Å². The summed E-state index contributed by atoms with van der Waals surface area (Å²) in [6.45, 7) is 4.70. The predicted octanol–water partition coefficient (Wildman–Crippen LogP) is 3.92. The molecule has 0 spiro atoms. The van der Waals surface area contributed by atoms with E-state index in [0.717, 1.165) is 42.8 Å². The van der Waals surface area contributed by atoms with Crippen LogP contribution in [0.15, 0.2) is 28.8 Å². The average Bonchev–Trinajstić information content (AvgIpc) is 3.21. The summed E-state index contributed by atoms with van der Waals surface area (Å²) in [7, 11) is 1.59. The number of aromatic nitrogens is 1. The van der Waals surface area contributed by atoms with E-state index >= 15 is 0 Å². The van der Waals surface area contributed by atoms with E-state index in [9.17, 15) is 4.79 Å². The number of hydrogen-bond acceptors (Lipinski definition) is 4. The molecule has 2 amide bonds. The first-order valence-electron chi connectivity index (χ1n) is 8.31. The van der Waals surface area contributed by atoms with Gasteiger partial charge >= 0.3 is 6.03 Å². The third kappa shape index (κ3) is 2.96. The summed E-state index contributed by atoms with van der Waals surface area (Å²) in [5.41, 5.74) is 2.60. The maximum atomic E-state index is 12.8. The van der Waals surface area contributed by atoms with Crippen molar-refractivity contribution in [2.24, 2.45) is 0 Å². The molecule has 24 heavy (non-hydrogen) atoms. The Bertz CT molecular complexity index is 726. The minimum absolute atomic E-state index is 0.0147. The highest BCUT2D eigenvalue weighted by Gasteiger charge is 2.34. The zero-order chi connectivity index (χ0) is 17.1. The molecular weight excluding hydrogens is 306 g/mol. The lowest BCUT2D eigenvalue weighted by atomic mass is 10.0. The van der Waals surface area contributed by atoms with Gasteiger partial charge in [0.1, 0.15) is 11.5 Å². The van der Waals surface area contributed by atoms with Crippen LogP contribution in [0.25, 0.3) is 0 Å². The molecule has 128 valence electrons. The summed E-state index contributed by atoms with van der Waals surface area (Å²) in [4.78, 5) is 14.7. The molecule has 1 aromatic heterocycles. The fourth-order valence-corrected chi connectivity index (χ4v) is 3.35. The van der Waals surface area contributed by atoms with Crippen molar-refractivity contribution in [1.82, 2.24) is 10.1 Å². The molecular formula is C18H23N3O3. The van der Waals surface area contributed by atoms with Gasteiger partial charge in [-0.05, 0) is 31.9 Å². The van der Waals surface area contributed by atoms with Crippen LogP contribution in [0.4, 0.5) is 10.5 Å². The van der Waals surface area contributed by atoms with Gasteiger partial charge in [0, 0.05) is 18.5 Å². The number of urea groups is 1. The second kappa shape index (κ2) is 6.95. The van der Waals surface area contributed by atoms with Gasteiger partial charge in [0.15, 0.2) is 0 Å². The largest absolute Gasteiger partial charge is 0.495 e. The van der Waals surface area contributed by atoms with Crippen molar-refractivity contribution in [2.75, 3.05) is 19.0 Å². The number of aryl methyl sites for hydroxylation is 2. The summed E-state index contributed by atoms with van der Waals surface area (Å²) < 4.78 is 10.7. The molecule has 1 aliphatic heterocycles. The van der Waals surface area contributed by atoms with E-state index in [-0.39, 0.29) is 12.1 Å². The van der Waals surface area contributed by atoms with Gasteiger partial charge in [-0.3, -0.25) is 0 Å². The van der Waals surface area contributed by atoms with Gasteiger partial charge < -0.3 is 19.5 Å². The van der Waals surface area contributed by atoms with E-state index in [2.05, 4.69) is 10.5 Å². The molecule has 1 fully saturated rings. The van der Waals surface area contributed by atoms with E-state index in [4.69, 9.17) is 9.26 Å². The Balaban J connectivity index is 1.82. The lowest BCUT2D eigenvalue weighted by Gasteiger charge is -2.25. The highest BCUT2D eigenvalue weighted by molar-refractivity contribution is 5.91. The zero-order valence-corrected chi connectivity index (χ0v) is 14.3. The number of benzene rings is 1. The van der Waals surface area contributed by atoms with E-state index < -0.39 is 0 Å². The smallest absolute Gasteiger partial charge is 0.322 e. The molecule has 0 radical (unpaired) electrons.